The molecule has 0 bridgehead atoms. The summed E-state index contributed by atoms with van der Waals surface area (Å²) >= 11 is 0. The average molecular weight is 315 g/mol. The van der Waals surface area contributed by atoms with E-state index in [1.165, 1.54) is 0 Å². The Morgan fingerprint density at radius 1 is 1.04 bits per heavy atom. The minimum atomic E-state index is -0.601. The molecule has 122 valence electrons. The zero-order valence-corrected chi connectivity index (χ0v) is 13.3. The molecular weight excluding hydrogens is 294 g/mol. The van der Waals surface area contributed by atoms with Crippen molar-refractivity contribution in [1.29, 1.82) is 0 Å². The number of rotatable bonds is 8. The largest absolute Gasteiger partial charge is 0.491 e. The van der Waals surface area contributed by atoms with Crippen molar-refractivity contribution in [3.05, 3.63) is 54.6 Å². The average Bonchev–Trinajstić information content (AvgIpc) is 2.56. The summed E-state index contributed by atoms with van der Waals surface area (Å²) in [5.41, 5.74) is 0.661. The molecule has 0 aromatic heterocycles. The summed E-state index contributed by atoms with van der Waals surface area (Å²) in [5, 5.41) is 2.82. The van der Waals surface area contributed by atoms with Crippen molar-refractivity contribution in [2.45, 2.75) is 13.0 Å². The standard InChI is InChI=1S/C18H21NO4/c1-14(23-16-8-4-3-5-9-16)18(20)19-15-7-6-10-17(13-15)22-12-11-21-2/h3-10,13-14H,11-12H2,1-2H3,(H,19,20). The third-order valence-electron chi connectivity index (χ3n) is 3.08. The fraction of sp³-hybridized carbons (Fsp3) is 0.278. The highest BCUT2D eigenvalue weighted by Gasteiger charge is 2.15. The van der Waals surface area contributed by atoms with Crippen LogP contribution in [0.25, 0.3) is 0 Å². The monoisotopic (exact) mass is 315 g/mol. The molecule has 0 aliphatic heterocycles. The lowest BCUT2D eigenvalue weighted by molar-refractivity contribution is -0.122. The van der Waals surface area contributed by atoms with Crippen LogP contribution >= 0.6 is 0 Å². The molecule has 0 spiro atoms. The van der Waals surface area contributed by atoms with E-state index in [0.717, 1.165) is 0 Å². The van der Waals surface area contributed by atoms with Gasteiger partial charge >= 0.3 is 0 Å². The van der Waals surface area contributed by atoms with Crippen LogP contribution in [0.3, 0.4) is 0 Å². The van der Waals surface area contributed by atoms with Crippen LogP contribution in [0.2, 0.25) is 0 Å². The van der Waals surface area contributed by atoms with Gasteiger partial charge in [0.25, 0.3) is 5.91 Å². The first-order chi connectivity index (χ1) is 11.2. The third kappa shape index (κ3) is 5.64. The molecule has 0 aliphatic carbocycles. The molecule has 1 amide bonds. The number of carbonyl (C=O) groups is 1. The van der Waals surface area contributed by atoms with Crippen molar-refractivity contribution >= 4 is 11.6 Å². The maximum absolute atomic E-state index is 12.2. The molecule has 1 N–H and O–H groups in total. The second kappa shape index (κ2) is 8.80. The summed E-state index contributed by atoms with van der Waals surface area (Å²) in [6.45, 7) is 2.68. The maximum Gasteiger partial charge on any atom is 0.265 e. The highest BCUT2D eigenvalue weighted by molar-refractivity contribution is 5.94. The Bertz CT molecular complexity index is 615. The number of amides is 1. The van der Waals surface area contributed by atoms with Gasteiger partial charge in [-0.05, 0) is 31.2 Å². The normalized spacial score (nSPS) is 11.6. The zero-order chi connectivity index (χ0) is 16.5. The maximum atomic E-state index is 12.2. The second-order valence-electron chi connectivity index (χ2n) is 4.93. The van der Waals surface area contributed by atoms with Crippen molar-refractivity contribution in [3.63, 3.8) is 0 Å². The van der Waals surface area contributed by atoms with Crippen LogP contribution in [-0.2, 0) is 9.53 Å². The highest BCUT2D eigenvalue weighted by atomic mass is 16.5. The number of anilines is 1. The van der Waals surface area contributed by atoms with Gasteiger partial charge in [0.15, 0.2) is 6.10 Å². The first kappa shape index (κ1) is 16.8. The number of methoxy groups -OCH3 is 1. The van der Waals surface area contributed by atoms with E-state index in [1.807, 2.05) is 42.5 Å². The van der Waals surface area contributed by atoms with Gasteiger partial charge in [-0.25, -0.2) is 0 Å². The number of benzene rings is 2. The van der Waals surface area contributed by atoms with Crippen LogP contribution in [0.5, 0.6) is 11.5 Å². The van der Waals surface area contributed by atoms with Gasteiger partial charge in [-0.15, -0.1) is 0 Å². The lowest BCUT2D eigenvalue weighted by Crippen LogP contribution is -2.30. The fourth-order valence-electron chi connectivity index (χ4n) is 1.91. The van der Waals surface area contributed by atoms with Crippen LogP contribution in [0.4, 0.5) is 5.69 Å². The number of hydrogen-bond acceptors (Lipinski definition) is 4. The molecule has 0 fully saturated rings. The molecule has 2 rings (SSSR count). The molecule has 1 unspecified atom stereocenters. The number of hydrogen-bond donors (Lipinski definition) is 1. The van der Waals surface area contributed by atoms with Gasteiger partial charge in [0.1, 0.15) is 18.1 Å². The first-order valence-electron chi connectivity index (χ1n) is 7.43. The first-order valence-corrected chi connectivity index (χ1v) is 7.43. The van der Waals surface area contributed by atoms with Gasteiger partial charge in [0.2, 0.25) is 0 Å². The molecule has 2 aromatic carbocycles. The topological polar surface area (TPSA) is 56.8 Å². The molecular formula is C18H21NO4. The third-order valence-corrected chi connectivity index (χ3v) is 3.08. The molecule has 0 heterocycles. The molecule has 1 atom stereocenters. The van der Waals surface area contributed by atoms with E-state index in [9.17, 15) is 4.79 Å². The van der Waals surface area contributed by atoms with E-state index in [-0.39, 0.29) is 5.91 Å². The molecule has 0 aliphatic rings. The van der Waals surface area contributed by atoms with Gasteiger partial charge in [-0.1, -0.05) is 24.3 Å². The molecule has 0 saturated carbocycles. The lowest BCUT2D eigenvalue weighted by atomic mass is 10.2. The van der Waals surface area contributed by atoms with E-state index < -0.39 is 6.10 Å². The zero-order valence-electron chi connectivity index (χ0n) is 13.3. The van der Waals surface area contributed by atoms with Gasteiger partial charge < -0.3 is 19.5 Å². The van der Waals surface area contributed by atoms with Crippen LogP contribution in [0, 0.1) is 0 Å². The van der Waals surface area contributed by atoms with Crippen molar-refractivity contribution in [2.75, 3.05) is 25.6 Å². The minimum absolute atomic E-state index is 0.220. The summed E-state index contributed by atoms with van der Waals surface area (Å²) in [7, 11) is 1.62. The van der Waals surface area contributed by atoms with Crippen LogP contribution in [-0.4, -0.2) is 32.3 Å². The Morgan fingerprint density at radius 2 is 1.78 bits per heavy atom. The summed E-state index contributed by atoms with van der Waals surface area (Å²) in [6, 6.07) is 16.5. The van der Waals surface area contributed by atoms with E-state index in [4.69, 9.17) is 14.2 Å². The van der Waals surface area contributed by atoms with Crippen LogP contribution in [0.1, 0.15) is 6.92 Å². The van der Waals surface area contributed by atoms with Crippen LogP contribution in [0.15, 0.2) is 54.6 Å². The van der Waals surface area contributed by atoms with E-state index in [0.29, 0.717) is 30.4 Å². The van der Waals surface area contributed by atoms with Gasteiger partial charge in [0, 0.05) is 18.9 Å². The summed E-state index contributed by atoms with van der Waals surface area (Å²) < 4.78 is 16.1. The second-order valence-corrected chi connectivity index (χ2v) is 4.93. The Kier molecular flexibility index (Phi) is 6.44. The van der Waals surface area contributed by atoms with Crippen molar-refractivity contribution < 1.29 is 19.0 Å². The smallest absolute Gasteiger partial charge is 0.265 e. The van der Waals surface area contributed by atoms with Crippen molar-refractivity contribution in [3.8, 4) is 11.5 Å². The fourth-order valence-corrected chi connectivity index (χ4v) is 1.91. The minimum Gasteiger partial charge on any atom is -0.491 e. The predicted molar refractivity (Wildman–Crippen MR) is 89.0 cm³/mol. The number of ether oxygens (including phenoxy) is 3. The van der Waals surface area contributed by atoms with E-state index in [2.05, 4.69) is 5.32 Å². The van der Waals surface area contributed by atoms with Gasteiger partial charge in [0.05, 0.1) is 6.61 Å². The van der Waals surface area contributed by atoms with E-state index in [1.54, 1.807) is 26.2 Å². The Labute approximate surface area is 136 Å². The summed E-state index contributed by atoms with van der Waals surface area (Å²) in [5.74, 6) is 1.12. The molecule has 0 saturated heterocycles. The molecule has 5 heteroatoms. The number of nitrogens with one attached hydrogen (secondary N) is 1. The van der Waals surface area contributed by atoms with Gasteiger partial charge in [-0.3, -0.25) is 4.79 Å². The molecule has 23 heavy (non-hydrogen) atoms. The van der Waals surface area contributed by atoms with Crippen molar-refractivity contribution in [2.24, 2.45) is 0 Å². The summed E-state index contributed by atoms with van der Waals surface area (Å²) in [4.78, 5) is 12.2. The molecule has 0 radical (unpaired) electrons. The summed E-state index contributed by atoms with van der Waals surface area (Å²) in [6.07, 6.45) is -0.601. The molecule has 2 aromatic rings. The van der Waals surface area contributed by atoms with E-state index >= 15 is 0 Å². The van der Waals surface area contributed by atoms with Crippen LogP contribution < -0.4 is 14.8 Å². The Morgan fingerprint density at radius 3 is 2.52 bits per heavy atom. The predicted octanol–water partition coefficient (Wildman–Crippen LogP) is 3.12. The Hall–Kier alpha value is -2.53. The Balaban J connectivity index is 1.90. The lowest BCUT2D eigenvalue weighted by Gasteiger charge is -2.15. The van der Waals surface area contributed by atoms with Gasteiger partial charge in [-0.2, -0.15) is 0 Å². The van der Waals surface area contributed by atoms with Crippen molar-refractivity contribution in [1.82, 2.24) is 0 Å². The quantitative estimate of drug-likeness (QED) is 0.761. The highest BCUT2D eigenvalue weighted by Crippen LogP contribution is 2.18. The molecule has 5 nitrogen and oxygen atoms in total. The SMILES string of the molecule is COCCOc1cccc(NC(=O)C(C)Oc2ccccc2)c1. The number of carbonyl (C=O) groups excluding carboxylic acids is 1. The number of para-hydroxylation sites is 1.